The van der Waals surface area contributed by atoms with E-state index in [2.05, 4.69) is 0 Å². The van der Waals surface area contributed by atoms with Crippen molar-refractivity contribution in [3.63, 3.8) is 0 Å². The number of hydrogen-bond donors (Lipinski definition) is 0. The highest BCUT2D eigenvalue weighted by Gasteiger charge is 2.46. The van der Waals surface area contributed by atoms with Gasteiger partial charge in [-0.3, -0.25) is 4.79 Å². The summed E-state index contributed by atoms with van der Waals surface area (Å²) in [6.07, 6.45) is 3.74. The number of rotatable bonds is 7. The highest BCUT2D eigenvalue weighted by molar-refractivity contribution is 7.89. The monoisotopic (exact) mass is 477 g/mol. The lowest BCUT2D eigenvalue weighted by molar-refractivity contribution is -0.124. The molecular weight excluding hydrogens is 450 g/mol. The first kappa shape index (κ1) is 23.6. The standard InChI is InChI=1S/C27H27NO5S/c1-19-4-15-24(16-5-19)34(30,31)28-26(17-8-20-6-11-22(32-2)12-7-20)25(18-27(28)29)21-9-13-23(33-3)14-10-21/h4-17,25-26H,18H2,1-3H3/b17-8+/t25-,26-/m1/s1. The van der Waals surface area contributed by atoms with Gasteiger partial charge in [0.1, 0.15) is 11.5 Å². The Morgan fingerprint density at radius 2 is 1.41 bits per heavy atom. The highest BCUT2D eigenvalue weighted by Crippen LogP contribution is 2.39. The lowest BCUT2D eigenvalue weighted by Crippen LogP contribution is -2.38. The normalized spacial score (nSPS) is 18.4. The van der Waals surface area contributed by atoms with Crippen LogP contribution in [0, 0.1) is 6.92 Å². The van der Waals surface area contributed by atoms with Crippen LogP contribution in [0.4, 0.5) is 0 Å². The molecule has 0 unspecified atom stereocenters. The summed E-state index contributed by atoms with van der Waals surface area (Å²) in [5.41, 5.74) is 2.69. The number of carbonyl (C=O) groups excluding carboxylic acids is 1. The smallest absolute Gasteiger partial charge is 0.267 e. The Kier molecular flexibility index (Phi) is 6.75. The summed E-state index contributed by atoms with van der Waals surface area (Å²) in [7, 11) is -0.848. The second-order valence-electron chi connectivity index (χ2n) is 8.21. The first-order valence-electron chi connectivity index (χ1n) is 10.9. The van der Waals surface area contributed by atoms with Crippen LogP contribution in [0.3, 0.4) is 0 Å². The number of hydrogen-bond acceptors (Lipinski definition) is 5. The summed E-state index contributed by atoms with van der Waals surface area (Å²) in [5, 5.41) is 0. The van der Waals surface area contributed by atoms with Crippen LogP contribution < -0.4 is 9.47 Å². The number of methoxy groups -OCH3 is 2. The molecule has 1 heterocycles. The zero-order chi connectivity index (χ0) is 24.3. The molecule has 176 valence electrons. The van der Waals surface area contributed by atoms with Crippen molar-refractivity contribution in [1.82, 2.24) is 4.31 Å². The number of benzene rings is 3. The Morgan fingerprint density at radius 1 is 0.853 bits per heavy atom. The molecule has 0 radical (unpaired) electrons. The summed E-state index contributed by atoms with van der Waals surface area (Å²) in [6, 6.07) is 20.7. The van der Waals surface area contributed by atoms with Gasteiger partial charge in [0.2, 0.25) is 5.91 Å². The molecule has 0 bridgehead atoms. The van der Waals surface area contributed by atoms with Crippen molar-refractivity contribution in [2.45, 2.75) is 30.2 Å². The van der Waals surface area contributed by atoms with Crippen molar-refractivity contribution in [1.29, 1.82) is 0 Å². The van der Waals surface area contributed by atoms with Gasteiger partial charge in [0.05, 0.1) is 25.2 Å². The fourth-order valence-corrected chi connectivity index (χ4v) is 5.74. The van der Waals surface area contributed by atoms with E-state index >= 15 is 0 Å². The molecule has 1 saturated heterocycles. The molecule has 0 saturated carbocycles. The lowest BCUT2D eigenvalue weighted by atomic mass is 9.91. The minimum atomic E-state index is -4.03. The Balaban J connectivity index is 1.75. The molecule has 4 rings (SSSR count). The maximum atomic E-state index is 13.6. The summed E-state index contributed by atoms with van der Waals surface area (Å²) < 4.78 is 38.6. The van der Waals surface area contributed by atoms with Crippen LogP contribution >= 0.6 is 0 Å². The van der Waals surface area contributed by atoms with E-state index in [4.69, 9.17) is 9.47 Å². The maximum absolute atomic E-state index is 13.6. The van der Waals surface area contributed by atoms with Crippen molar-refractivity contribution in [2.24, 2.45) is 0 Å². The van der Waals surface area contributed by atoms with Gasteiger partial charge in [0, 0.05) is 12.3 Å². The molecule has 1 amide bonds. The number of carbonyl (C=O) groups is 1. The van der Waals surface area contributed by atoms with Gasteiger partial charge >= 0.3 is 0 Å². The molecule has 7 heteroatoms. The predicted molar refractivity (Wildman–Crippen MR) is 131 cm³/mol. The average Bonchev–Trinajstić information content (AvgIpc) is 3.20. The molecule has 6 nitrogen and oxygen atoms in total. The van der Waals surface area contributed by atoms with Gasteiger partial charge in [0.15, 0.2) is 0 Å². The van der Waals surface area contributed by atoms with Crippen LogP contribution in [0.1, 0.15) is 29.0 Å². The van der Waals surface area contributed by atoms with Crippen molar-refractivity contribution >= 4 is 22.0 Å². The molecule has 0 aromatic heterocycles. The molecule has 3 aromatic carbocycles. The number of amides is 1. The van der Waals surface area contributed by atoms with E-state index in [-0.39, 0.29) is 17.2 Å². The van der Waals surface area contributed by atoms with E-state index in [1.807, 2.05) is 61.5 Å². The van der Waals surface area contributed by atoms with E-state index in [1.54, 1.807) is 44.6 Å². The van der Waals surface area contributed by atoms with E-state index in [0.717, 1.165) is 26.7 Å². The fraction of sp³-hybridized carbons (Fsp3) is 0.222. The second-order valence-corrected chi connectivity index (χ2v) is 10.0. The quantitative estimate of drug-likeness (QED) is 0.489. The average molecular weight is 478 g/mol. The molecule has 1 aliphatic rings. The Morgan fingerprint density at radius 3 is 1.97 bits per heavy atom. The number of sulfonamides is 1. The van der Waals surface area contributed by atoms with Crippen LogP contribution in [-0.2, 0) is 14.8 Å². The number of nitrogens with zero attached hydrogens (tertiary/aromatic N) is 1. The van der Waals surface area contributed by atoms with E-state index < -0.39 is 22.0 Å². The number of aryl methyl sites for hydroxylation is 1. The Labute approximate surface area is 200 Å². The van der Waals surface area contributed by atoms with Gasteiger partial charge in [-0.2, -0.15) is 0 Å². The van der Waals surface area contributed by atoms with E-state index in [1.165, 1.54) is 0 Å². The van der Waals surface area contributed by atoms with Crippen molar-refractivity contribution < 1.29 is 22.7 Å². The molecule has 34 heavy (non-hydrogen) atoms. The van der Waals surface area contributed by atoms with Crippen molar-refractivity contribution in [3.05, 3.63) is 95.6 Å². The third kappa shape index (κ3) is 4.70. The summed E-state index contributed by atoms with van der Waals surface area (Å²) in [5.74, 6) is 0.675. The first-order valence-corrected chi connectivity index (χ1v) is 12.4. The molecule has 0 aliphatic carbocycles. The molecule has 1 fully saturated rings. The zero-order valence-electron chi connectivity index (χ0n) is 19.3. The minimum absolute atomic E-state index is 0.0923. The van der Waals surface area contributed by atoms with Crippen LogP contribution in [0.2, 0.25) is 0 Å². The van der Waals surface area contributed by atoms with Crippen LogP contribution in [0.15, 0.2) is 83.8 Å². The van der Waals surface area contributed by atoms with Crippen LogP contribution in [-0.4, -0.2) is 38.9 Å². The fourth-order valence-electron chi connectivity index (χ4n) is 4.15. The van der Waals surface area contributed by atoms with Crippen LogP contribution in [0.5, 0.6) is 11.5 Å². The summed E-state index contributed by atoms with van der Waals surface area (Å²) >= 11 is 0. The van der Waals surface area contributed by atoms with E-state index in [0.29, 0.717) is 5.75 Å². The first-order chi connectivity index (χ1) is 16.3. The van der Waals surface area contributed by atoms with Crippen molar-refractivity contribution in [3.8, 4) is 11.5 Å². The molecule has 0 N–H and O–H groups in total. The predicted octanol–water partition coefficient (Wildman–Crippen LogP) is 4.80. The SMILES string of the molecule is COc1ccc(/C=C/[C@@H]2[C@@H](c3ccc(OC)cc3)CC(=O)N2S(=O)(=O)c2ccc(C)cc2)cc1. The minimum Gasteiger partial charge on any atom is -0.497 e. The van der Waals surface area contributed by atoms with Crippen LogP contribution in [0.25, 0.3) is 6.08 Å². The van der Waals surface area contributed by atoms with E-state index in [9.17, 15) is 13.2 Å². The van der Waals surface area contributed by atoms with Gasteiger partial charge in [-0.25, -0.2) is 12.7 Å². The molecule has 0 spiro atoms. The largest absolute Gasteiger partial charge is 0.497 e. The summed E-state index contributed by atoms with van der Waals surface area (Å²) in [6.45, 7) is 1.89. The number of ether oxygens (including phenoxy) is 2. The van der Waals surface area contributed by atoms with Gasteiger partial charge in [-0.05, 0) is 54.4 Å². The van der Waals surface area contributed by atoms with Gasteiger partial charge in [-0.15, -0.1) is 0 Å². The molecule has 2 atom stereocenters. The third-order valence-corrected chi connectivity index (χ3v) is 7.88. The Bertz CT molecular complexity index is 1280. The third-order valence-electron chi connectivity index (χ3n) is 6.05. The molecular formula is C27H27NO5S. The van der Waals surface area contributed by atoms with Gasteiger partial charge < -0.3 is 9.47 Å². The van der Waals surface area contributed by atoms with Gasteiger partial charge in [0.25, 0.3) is 10.0 Å². The highest BCUT2D eigenvalue weighted by atomic mass is 32.2. The second kappa shape index (κ2) is 9.73. The maximum Gasteiger partial charge on any atom is 0.267 e. The lowest BCUT2D eigenvalue weighted by Gasteiger charge is -2.26. The van der Waals surface area contributed by atoms with Crippen molar-refractivity contribution in [2.75, 3.05) is 14.2 Å². The Hall–Kier alpha value is -3.58. The topological polar surface area (TPSA) is 72.9 Å². The summed E-state index contributed by atoms with van der Waals surface area (Å²) in [4.78, 5) is 13.2. The molecule has 1 aliphatic heterocycles. The zero-order valence-corrected chi connectivity index (χ0v) is 20.2. The van der Waals surface area contributed by atoms with Gasteiger partial charge in [-0.1, -0.05) is 54.1 Å². The molecule has 3 aromatic rings.